The van der Waals surface area contributed by atoms with E-state index in [2.05, 4.69) is 55.3 Å². The van der Waals surface area contributed by atoms with Gasteiger partial charge in [0.05, 0.1) is 13.2 Å². The van der Waals surface area contributed by atoms with Crippen LogP contribution in [0.25, 0.3) is 0 Å². The van der Waals surface area contributed by atoms with Crippen molar-refractivity contribution in [2.24, 2.45) is 11.8 Å². The van der Waals surface area contributed by atoms with Crippen LogP contribution in [0, 0.1) is 11.8 Å². The molecule has 0 bridgehead atoms. The predicted molar refractivity (Wildman–Crippen MR) is 157 cm³/mol. The molecule has 1 N–H and O–H groups in total. The maximum Gasteiger partial charge on any atom is 0.351 e. The third-order valence-corrected chi connectivity index (χ3v) is 7.90. The fraction of sp³-hybridized carbons (Fsp3) is 0.333. The van der Waals surface area contributed by atoms with Crippen LogP contribution in [0.15, 0.2) is 102 Å². The number of benzene rings is 3. The molecular formula is C33H37N3O4. The topological polar surface area (TPSA) is 74.6 Å². The maximum absolute atomic E-state index is 13.5. The van der Waals surface area contributed by atoms with Gasteiger partial charge >= 0.3 is 5.69 Å². The molecule has 3 aromatic carbocycles. The quantitative estimate of drug-likeness (QED) is 0.269. The van der Waals surface area contributed by atoms with Crippen molar-refractivity contribution in [3.63, 3.8) is 0 Å². The van der Waals surface area contributed by atoms with E-state index in [1.165, 1.54) is 0 Å². The largest absolute Gasteiger partial charge is 0.497 e. The first-order valence-corrected chi connectivity index (χ1v) is 13.7. The van der Waals surface area contributed by atoms with Crippen LogP contribution in [-0.4, -0.2) is 36.0 Å². The first-order chi connectivity index (χ1) is 19.4. The molecule has 1 aliphatic heterocycles. The van der Waals surface area contributed by atoms with Crippen molar-refractivity contribution >= 4 is 5.82 Å². The van der Waals surface area contributed by atoms with E-state index in [0.717, 1.165) is 22.4 Å². The minimum absolute atomic E-state index is 0.0152. The van der Waals surface area contributed by atoms with E-state index < -0.39 is 17.5 Å². The summed E-state index contributed by atoms with van der Waals surface area (Å²) in [4.78, 5) is 18.0. The lowest BCUT2D eigenvalue weighted by Crippen LogP contribution is -2.40. The van der Waals surface area contributed by atoms with Crippen LogP contribution < -0.4 is 15.7 Å². The summed E-state index contributed by atoms with van der Waals surface area (Å²) in [5, 5.41) is 3.66. The van der Waals surface area contributed by atoms with E-state index in [1.807, 2.05) is 66.7 Å². The summed E-state index contributed by atoms with van der Waals surface area (Å²) >= 11 is 0. The van der Waals surface area contributed by atoms with Gasteiger partial charge in [-0.05, 0) is 40.8 Å². The van der Waals surface area contributed by atoms with Gasteiger partial charge in [-0.25, -0.2) is 4.79 Å². The van der Waals surface area contributed by atoms with Crippen molar-refractivity contribution in [1.82, 2.24) is 9.55 Å². The van der Waals surface area contributed by atoms with Gasteiger partial charge in [-0.3, -0.25) is 4.57 Å². The Morgan fingerprint density at radius 2 is 1.45 bits per heavy atom. The van der Waals surface area contributed by atoms with Gasteiger partial charge in [0.2, 0.25) is 0 Å². The minimum Gasteiger partial charge on any atom is -0.497 e. The van der Waals surface area contributed by atoms with Crippen molar-refractivity contribution in [2.45, 2.75) is 44.7 Å². The third-order valence-electron chi connectivity index (χ3n) is 7.90. The van der Waals surface area contributed by atoms with Crippen LogP contribution in [0.3, 0.4) is 0 Å². The standard InChI is InChI=1S/C33H37N3O4/c1-22(2)29-23(3)30(39-5)31(40-29)36-21-20-28(34-32(36)37)35-33(24-12-8-6-9-13-24,25-14-10-7-11-15-25)26-16-18-27(38-4)19-17-26/h6-23,29-31H,1-5H3,(H,34,35,37)/t23-,29-,30-,31-/m1/s1. The van der Waals surface area contributed by atoms with Crippen LogP contribution in [-0.2, 0) is 15.0 Å². The van der Waals surface area contributed by atoms with Crippen LogP contribution in [0.4, 0.5) is 5.82 Å². The molecule has 1 saturated heterocycles. The minimum atomic E-state index is -0.837. The lowest BCUT2D eigenvalue weighted by molar-refractivity contribution is -0.0616. The summed E-state index contributed by atoms with van der Waals surface area (Å²) in [6, 6.07) is 30.1. The van der Waals surface area contributed by atoms with Gasteiger partial charge in [0.25, 0.3) is 0 Å². The van der Waals surface area contributed by atoms with E-state index in [1.54, 1.807) is 25.0 Å². The van der Waals surface area contributed by atoms with E-state index in [-0.39, 0.29) is 18.1 Å². The molecule has 1 aliphatic rings. The molecule has 0 aliphatic carbocycles. The van der Waals surface area contributed by atoms with E-state index >= 15 is 0 Å². The average Bonchev–Trinajstić information content (AvgIpc) is 3.33. The first-order valence-electron chi connectivity index (χ1n) is 13.7. The van der Waals surface area contributed by atoms with Crippen LogP contribution >= 0.6 is 0 Å². The molecule has 1 fully saturated rings. The molecule has 4 aromatic rings. The van der Waals surface area contributed by atoms with E-state index in [9.17, 15) is 4.79 Å². The second-order valence-electron chi connectivity index (χ2n) is 10.6. The fourth-order valence-electron chi connectivity index (χ4n) is 5.93. The predicted octanol–water partition coefficient (Wildman–Crippen LogP) is 5.86. The van der Waals surface area contributed by atoms with Crippen molar-refractivity contribution in [2.75, 3.05) is 19.5 Å². The second kappa shape index (κ2) is 11.7. The van der Waals surface area contributed by atoms with Crippen LogP contribution in [0.1, 0.15) is 43.7 Å². The number of aromatic nitrogens is 2. The number of hydrogen-bond donors (Lipinski definition) is 1. The molecule has 208 valence electrons. The molecule has 0 spiro atoms. The normalized spacial score (nSPS) is 20.9. The Hall–Kier alpha value is -3.94. The van der Waals surface area contributed by atoms with Gasteiger partial charge in [-0.1, -0.05) is 93.6 Å². The summed E-state index contributed by atoms with van der Waals surface area (Å²) in [5.74, 6) is 1.64. The summed E-state index contributed by atoms with van der Waals surface area (Å²) in [7, 11) is 3.32. The second-order valence-corrected chi connectivity index (χ2v) is 10.6. The maximum atomic E-state index is 13.5. The van der Waals surface area contributed by atoms with Gasteiger partial charge in [0, 0.05) is 19.2 Å². The Morgan fingerprint density at radius 3 is 1.95 bits per heavy atom. The highest BCUT2D eigenvalue weighted by molar-refractivity contribution is 5.58. The Labute approximate surface area is 235 Å². The van der Waals surface area contributed by atoms with Crippen LogP contribution in [0.2, 0.25) is 0 Å². The highest BCUT2D eigenvalue weighted by Crippen LogP contribution is 2.41. The number of hydrogen-bond acceptors (Lipinski definition) is 6. The molecule has 0 amide bonds. The van der Waals surface area contributed by atoms with Crippen LogP contribution in [0.5, 0.6) is 5.75 Å². The highest BCUT2D eigenvalue weighted by Gasteiger charge is 2.45. The van der Waals surface area contributed by atoms with Gasteiger partial charge in [-0.2, -0.15) is 4.98 Å². The summed E-state index contributed by atoms with van der Waals surface area (Å²) < 4.78 is 19.1. The third kappa shape index (κ3) is 5.03. The zero-order valence-electron chi connectivity index (χ0n) is 23.7. The lowest BCUT2D eigenvalue weighted by Gasteiger charge is -2.37. The Morgan fingerprint density at radius 1 is 0.875 bits per heavy atom. The van der Waals surface area contributed by atoms with Gasteiger partial charge in [0.15, 0.2) is 6.23 Å². The number of nitrogens with one attached hydrogen (secondary N) is 1. The zero-order valence-corrected chi connectivity index (χ0v) is 23.7. The number of methoxy groups -OCH3 is 2. The molecule has 5 rings (SSSR count). The molecule has 7 heteroatoms. The van der Waals surface area contributed by atoms with E-state index in [0.29, 0.717) is 11.7 Å². The lowest BCUT2D eigenvalue weighted by atomic mass is 9.77. The number of anilines is 1. The van der Waals surface area contributed by atoms with Crippen molar-refractivity contribution in [1.29, 1.82) is 0 Å². The summed E-state index contributed by atoms with van der Waals surface area (Å²) in [6.07, 6.45) is 0.936. The number of rotatable bonds is 9. The zero-order chi connectivity index (χ0) is 28.3. The average molecular weight is 540 g/mol. The molecule has 0 unspecified atom stereocenters. The highest BCUT2D eigenvalue weighted by atomic mass is 16.6. The number of ether oxygens (including phenoxy) is 3. The van der Waals surface area contributed by atoms with Gasteiger partial charge in [-0.15, -0.1) is 0 Å². The fourth-order valence-corrected chi connectivity index (χ4v) is 5.93. The number of nitrogens with zero attached hydrogens (tertiary/aromatic N) is 2. The van der Waals surface area contributed by atoms with Gasteiger partial charge in [0.1, 0.15) is 23.2 Å². The first kappa shape index (κ1) is 27.6. The molecule has 40 heavy (non-hydrogen) atoms. The SMILES string of the molecule is COc1ccc(C(Nc2ccn([C@@H]3O[C@H](C(C)C)[C@@H](C)[C@H]3OC)c(=O)n2)(c2ccccc2)c2ccccc2)cc1. The van der Waals surface area contributed by atoms with E-state index in [4.69, 9.17) is 14.2 Å². The van der Waals surface area contributed by atoms with Crippen molar-refractivity contribution in [3.8, 4) is 5.75 Å². The Bertz CT molecular complexity index is 1420. The van der Waals surface area contributed by atoms with Crippen molar-refractivity contribution < 1.29 is 14.2 Å². The van der Waals surface area contributed by atoms with Gasteiger partial charge < -0.3 is 19.5 Å². The summed E-state index contributed by atoms with van der Waals surface area (Å²) in [6.45, 7) is 6.35. The molecule has 4 atom stereocenters. The Balaban J connectivity index is 1.61. The Kier molecular flexibility index (Phi) is 8.05. The molecule has 2 heterocycles. The summed E-state index contributed by atoms with van der Waals surface area (Å²) in [5.41, 5.74) is 1.74. The smallest absolute Gasteiger partial charge is 0.351 e. The molecular weight excluding hydrogens is 502 g/mol. The van der Waals surface area contributed by atoms with Crippen molar-refractivity contribution in [3.05, 3.63) is 124 Å². The molecule has 1 aromatic heterocycles. The molecule has 0 saturated carbocycles. The monoisotopic (exact) mass is 539 g/mol. The molecule has 7 nitrogen and oxygen atoms in total. The molecule has 0 radical (unpaired) electrons.